The third kappa shape index (κ3) is 5.07. The van der Waals surface area contributed by atoms with Gasteiger partial charge in [-0.05, 0) is 43.2 Å². The van der Waals surface area contributed by atoms with Gasteiger partial charge in [-0.3, -0.25) is 4.79 Å². The second kappa shape index (κ2) is 9.67. The summed E-state index contributed by atoms with van der Waals surface area (Å²) >= 11 is 8.13. The molecule has 0 radical (unpaired) electrons. The minimum Gasteiger partial charge on any atom is -0.313 e. The van der Waals surface area contributed by atoms with Gasteiger partial charge < -0.3 is 4.57 Å². The molecule has 4 rings (SSSR count). The Morgan fingerprint density at radius 3 is 2.47 bits per heavy atom. The number of benzene rings is 1. The molecule has 1 aliphatic heterocycles. The number of amides is 1. The fraction of sp³-hybridized carbons (Fsp3) is 0.333. The molecule has 0 unspecified atom stereocenters. The van der Waals surface area contributed by atoms with Crippen molar-refractivity contribution in [3.05, 3.63) is 52.1 Å². The molecule has 2 aromatic heterocycles. The molecule has 3 aromatic rings. The van der Waals surface area contributed by atoms with E-state index in [9.17, 15) is 21.6 Å². The van der Waals surface area contributed by atoms with Crippen LogP contribution in [0.2, 0.25) is 4.34 Å². The number of piperidine rings is 1. The monoisotopic (exact) mass is 559 g/mol. The zero-order valence-corrected chi connectivity index (χ0v) is 22.2. The maximum atomic E-state index is 13.0. The molecular weight excluding hydrogens is 538 g/mol. The molecule has 1 fully saturated rings. The van der Waals surface area contributed by atoms with Crippen LogP contribution < -0.4 is 4.80 Å². The second-order valence-electron chi connectivity index (χ2n) is 7.87. The van der Waals surface area contributed by atoms with Gasteiger partial charge in [-0.15, -0.1) is 17.9 Å². The normalized spacial score (nSPS) is 16.8. The number of sulfonamides is 1. The summed E-state index contributed by atoms with van der Waals surface area (Å²) in [7, 11) is -7.00. The lowest BCUT2D eigenvalue weighted by molar-refractivity contribution is -0.122. The van der Waals surface area contributed by atoms with E-state index in [1.807, 2.05) is 4.57 Å². The molecule has 0 bridgehead atoms. The number of carbonyl (C=O) groups is 1. The Morgan fingerprint density at radius 2 is 1.88 bits per heavy atom. The van der Waals surface area contributed by atoms with E-state index in [-0.39, 0.29) is 28.1 Å². The highest BCUT2D eigenvalue weighted by atomic mass is 35.5. The number of halogens is 1. The lowest BCUT2D eigenvalue weighted by atomic mass is 9.98. The number of aromatic nitrogens is 1. The van der Waals surface area contributed by atoms with Crippen molar-refractivity contribution in [3.63, 3.8) is 0 Å². The summed E-state index contributed by atoms with van der Waals surface area (Å²) in [5.41, 5.74) is 0.763. The summed E-state index contributed by atoms with van der Waals surface area (Å²) in [6.45, 7) is 4.61. The van der Waals surface area contributed by atoms with Crippen molar-refractivity contribution in [3.8, 4) is 0 Å². The first-order chi connectivity index (χ1) is 16.0. The molecule has 0 atom stereocenters. The largest absolute Gasteiger partial charge is 0.313 e. The van der Waals surface area contributed by atoms with Gasteiger partial charge in [-0.2, -0.15) is 9.30 Å². The van der Waals surface area contributed by atoms with E-state index >= 15 is 0 Å². The van der Waals surface area contributed by atoms with Crippen molar-refractivity contribution in [2.45, 2.75) is 28.5 Å². The number of thiazole rings is 1. The number of fused-ring (bicyclic) bond motifs is 1. The molecule has 8 nitrogen and oxygen atoms in total. The molecule has 182 valence electrons. The van der Waals surface area contributed by atoms with E-state index in [2.05, 4.69) is 11.6 Å². The van der Waals surface area contributed by atoms with Gasteiger partial charge in [0.15, 0.2) is 14.6 Å². The highest BCUT2D eigenvalue weighted by Crippen LogP contribution is 2.31. The van der Waals surface area contributed by atoms with Crippen LogP contribution >= 0.6 is 34.3 Å². The van der Waals surface area contributed by atoms with Crippen LogP contribution in [0.3, 0.4) is 0 Å². The summed E-state index contributed by atoms with van der Waals surface area (Å²) in [5, 5.41) is 0. The second-order valence-corrected chi connectivity index (χ2v) is 14.8. The number of hydrogen-bond acceptors (Lipinski definition) is 7. The van der Waals surface area contributed by atoms with Crippen LogP contribution in [0.5, 0.6) is 0 Å². The smallest absolute Gasteiger partial charge is 0.252 e. The van der Waals surface area contributed by atoms with E-state index in [1.165, 1.54) is 27.8 Å². The van der Waals surface area contributed by atoms with E-state index < -0.39 is 25.8 Å². The summed E-state index contributed by atoms with van der Waals surface area (Å²) in [4.78, 5) is 18.0. The van der Waals surface area contributed by atoms with Crippen molar-refractivity contribution in [1.29, 1.82) is 0 Å². The summed E-state index contributed by atoms with van der Waals surface area (Å²) in [6.07, 6.45) is 3.56. The average molecular weight is 560 g/mol. The predicted molar refractivity (Wildman–Crippen MR) is 135 cm³/mol. The van der Waals surface area contributed by atoms with Crippen LogP contribution in [0.4, 0.5) is 0 Å². The molecule has 3 heterocycles. The van der Waals surface area contributed by atoms with Crippen LogP contribution in [-0.4, -0.2) is 51.0 Å². The van der Waals surface area contributed by atoms with E-state index in [1.54, 1.807) is 24.3 Å². The average Bonchev–Trinajstić information content (AvgIpc) is 3.37. The van der Waals surface area contributed by atoms with Crippen LogP contribution in [-0.2, 0) is 31.2 Å². The van der Waals surface area contributed by atoms with Gasteiger partial charge in [-0.25, -0.2) is 16.8 Å². The van der Waals surface area contributed by atoms with Gasteiger partial charge in [-0.1, -0.05) is 29.0 Å². The first-order valence-corrected chi connectivity index (χ1v) is 15.6. The highest BCUT2D eigenvalue weighted by Gasteiger charge is 2.33. The summed E-state index contributed by atoms with van der Waals surface area (Å²) in [6, 6.07) is 7.86. The summed E-state index contributed by atoms with van der Waals surface area (Å²) < 4.78 is 53.9. The van der Waals surface area contributed by atoms with Gasteiger partial charge in [0.1, 0.15) is 4.21 Å². The number of rotatable bonds is 6. The molecule has 0 aliphatic carbocycles. The van der Waals surface area contributed by atoms with Crippen molar-refractivity contribution in [2.24, 2.45) is 10.9 Å². The van der Waals surface area contributed by atoms with E-state index in [0.717, 1.165) is 23.1 Å². The third-order valence-corrected chi connectivity index (χ3v) is 11.3. The van der Waals surface area contributed by atoms with Crippen molar-refractivity contribution in [1.82, 2.24) is 8.87 Å². The quantitative estimate of drug-likeness (QED) is 0.429. The standard InChI is InChI=1S/C21H22ClN3O5S4/c1-3-10-25-16-5-4-15(33(2,27)28)13-17(16)31-21(25)23-20(26)14-8-11-24(12-9-14)34(29,30)19-7-6-18(22)32-19/h3-7,13-14H,1,8-12H2,2H3. The number of allylic oxidation sites excluding steroid dienone is 1. The van der Waals surface area contributed by atoms with Gasteiger partial charge in [0.25, 0.3) is 15.9 Å². The Kier molecular flexibility index (Phi) is 7.19. The molecule has 1 aliphatic rings. The number of nitrogens with zero attached hydrogens (tertiary/aromatic N) is 3. The topological polar surface area (TPSA) is 106 Å². The zero-order chi connectivity index (χ0) is 24.7. The minimum atomic E-state index is -3.63. The third-order valence-electron chi connectivity index (χ3n) is 5.55. The zero-order valence-electron chi connectivity index (χ0n) is 18.2. The van der Waals surface area contributed by atoms with Crippen molar-refractivity contribution >= 4 is 70.3 Å². The molecule has 1 saturated heterocycles. The molecule has 1 amide bonds. The van der Waals surface area contributed by atoms with Gasteiger partial charge in [0.2, 0.25) is 0 Å². The van der Waals surface area contributed by atoms with Crippen molar-refractivity contribution < 1.29 is 21.6 Å². The minimum absolute atomic E-state index is 0.191. The Hall–Kier alpha value is -1.83. The van der Waals surface area contributed by atoms with Crippen LogP contribution in [0, 0.1) is 5.92 Å². The Balaban J connectivity index is 1.57. The number of thiophene rings is 1. The predicted octanol–water partition coefficient (Wildman–Crippen LogP) is 3.54. The Bertz CT molecular complexity index is 1540. The lowest BCUT2D eigenvalue weighted by Crippen LogP contribution is -2.40. The van der Waals surface area contributed by atoms with Gasteiger partial charge in [0, 0.05) is 31.8 Å². The molecule has 13 heteroatoms. The number of sulfone groups is 1. The molecule has 0 N–H and O–H groups in total. The maximum Gasteiger partial charge on any atom is 0.252 e. The van der Waals surface area contributed by atoms with E-state index in [4.69, 9.17) is 11.6 Å². The first kappa shape index (κ1) is 25.3. The highest BCUT2D eigenvalue weighted by molar-refractivity contribution is 7.91. The molecule has 0 spiro atoms. The molecule has 0 saturated carbocycles. The fourth-order valence-corrected chi connectivity index (χ4v) is 8.68. The Morgan fingerprint density at radius 1 is 1.18 bits per heavy atom. The number of hydrogen-bond donors (Lipinski definition) is 0. The molecular formula is C21H22ClN3O5S4. The molecule has 1 aromatic carbocycles. The Labute approximate surface area is 210 Å². The van der Waals surface area contributed by atoms with Gasteiger partial charge >= 0.3 is 0 Å². The van der Waals surface area contributed by atoms with Gasteiger partial charge in [0.05, 0.1) is 19.4 Å². The van der Waals surface area contributed by atoms with E-state index in [0.29, 0.717) is 33.2 Å². The van der Waals surface area contributed by atoms with Crippen LogP contribution in [0.1, 0.15) is 12.8 Å². The van der Waals surface area contributed by atoms with Crippen LogP contribution in [0.15, 0.2) is 57.1 Å². The maximum absolute atomic E-state index is 13.0. The summed E-state index contributed by atoms with van der Waals surface area (Å²) in [5.74, 6) is -0.712. The fourth-order valence-electron chi connectivity index (χ4n) is 3.77. The molecule has 34 heavy (non-hydrogen) atoms. The SMILES string of the molecule is C=CCn1c(=NC(=O)C2CCN(S(=O)(=O)c3ccc(Cl)s3)CC2)sc2cc(S(C)(=O)=O)ccc21. The van der Waals surface area contributed by atoms with Crippen LogP contribution in [0.25, 0.3) is 10.2 Å². The van der Waals surface area contributed by atoms with Crippen molar-refractivity contribution in [2.75, 3.05) is 19.3 Å². The lowest BCUT2D eigenvalue weighted by Gasteiger charge is -2.29. The number of carbonyl (C=O) groups excluding carboxylic acids is 1. The first-order valence-electron chi connectivity index (χ1n) is 10.3.